The minimum atomic E-state index is 0.0646. The molecule has 1 aliphatic heterocycles. The van der Waals surface area contributed by atoms with Gasteiger partial charge in [-0.1, -0.05) is 42.5 Å². The smallest absolute Gasteiger partial charge is 0.234 e. The van der Waals surface area contributed by atoms with Crippen LogP contribution in [0.15, 0.2) is 54.6 Å². The number of ether oxygens (including phenoxy) is 1. The molecule has 0 aliphatic carbocycles. The summed E-state index contributed by atoms with van der Waals surface area (Å²) in [5, 5.41) is 0.947. The Balaban J connectivity index is 1.62. The van der Waals surface area contributed by atoms with E-state index in [0.29, 0.717) is 19.2 Å². The first-order valence-electron chi connectivity index (χ1n) is 10.7. The SMILES string of the molecule is CC(=O)c1cccc2c1cc(C)n2-c1nc2c(c(CCc3ccccc3)n1)COCC2. The van der Waals surface area contributed by atoms with E-state index in [9.17, 15) is 4.79 Å². The van der Waals surface area contributed by atoms with Gasteiger partial charge >= 0.3 is 0 Å². The number of carbonyl (C=O) groups excluding carboxylic acids is 1. The molecule has 0 radical (unpaired) electrons. The van der Waals surface area contributed by atoms with Crippen molar-refractivity contribution in [1.29, 1.82) is 0 Å². The molecule has 0 amide bonds. The molecule has 2 aromatic carbocycles. The van der Waals surface area contributed by atoms with Crippen molar-refractivity contribution < 1.29 is 9.53 Å². The number of hydrogen-bond acceptors (Lipinski definition) is 4. The highest BCUT2D eigenvalue weighted by Crippen LogP contribution is 2.28. The summed E-state index contributed by atoms with van der Waals surface area (Å²) in [6.45, 7) is 4.90. The molecule has 4 aromatic rings. The highest BCUT2D eigenvalue weighted by Gasteiger charge is 2.21. The third-order valence-corrected chi connectivity index (χ3v) is 6.00. The largest absolute Gasteiger partial charge is 0.376 e. The lowest BCUT2D eigenvalue weighted by Crippen LogP contribution is -2.19. The Morgan fingerprint density at radius 2 is 1.90 bits per heavy atom. The fourth-order valence-corrected chi connectivity index (χ4v) is 4.43. The van der Waals surface area contributed by atoms with Gasteiger partial charge < -0.3 is 4.74 Å². The van der Waals surface area contributed by atoms with E-state index in [1.807, 2.05) is 31.2 Å². The number of aromatic nitrogens is 3. The van der Waals surface area contributed by atoms with Gasteiger partial charge in [0.1, 0.15) is 0 Å². The van der Waals surface area contributed by atoms with Gasteiger partial charge in [0.25, 0.3) is 0 Å². The van der Waals surface area contributed by atoms with E-state index in [1.54, 1.807) is 6.92 Å². The molecule has 5 heteroatoms. The monoisotopic (exact) mass is 411 g/mol. The molecule has 0 unspecified atom stereocenters. The summed E-state index contributed by atoms with van der Waals surface area (Å²) in [5.74, 6) is 0.742. The van der Waals surface area contributed by atoms with Crippen molar-refractivity contribution in [2.75, 3.05) is 6.61 Å². The fourth-order valence-electron chi connectivity index (χ4n) is 4.43. The molecule has 0 fully saturated rings. The first-order chi connectivity index (χ1) is 15.1. The number of carbonyl (C=O) groups is 1. The van der Waals surface area contributed by atoms with Gasteiger partial charge in [-0.25, -0.2) is 9.97 Å². The molecule has 1 aliphatic rings. The summed E-state index contributed by atoms with van der Waals surface area (Å²) in [5.41, 5.74) is 7.26. The van der Waals surface area contributed by atoms with Crippen LogP contribution in [0, 0.1) is 6.92 Å². The van der Waals surface area contributed by atoms with Gasteiger partial charge in [-0.05, 0) is 44.4 Å². The molecular formula is C26H25N3O2. The minimum Gasteiger partial charge on any atom is -0.376 e. The van der Waals surface area contributed by atoms with E-state index in [0.717, 1.165) is 58.4 Å². The zero-order valence-corrected chi connectivity index (χ0v) is 17.9. The number of rotatable bonds is 5. The molecular weight excluding hydrogens is 386 g/mol. The lowest BCUT2D eigenvalue weighted by molar-refractivity contribution is 0.101. The minimum absolute atomic E-state index is 0.0646. The second-order valence-electron chi connectivity index (χ2n) is 8.10. The third kappa shape index (κ3) is 3.66. The van der Waals surface area contributed by atoms with E-state index in [4.69, 9.17) is 14.7 Å². The number of aryl methyl sites for hydroxylation is 3. The lowest BCUT2D eigenvalue weighted by Gasteiger charge is -2.20. The Morgan fingerprint density at radius 1 is 1.06 bits per heavy atom. The molecule has 31 heavy (non-hydrogen) atoms. The summed E-state index contributed by atoms with van der Waals surface area (Å²) in [6.07, 6.45) is 2.55. The van der Waals surface area contributed by atoms with E-state index in [2.05, 4.69) is 34.9 Å². The van der Waals surface area contributed by atoms with Crippen molar-refractivity contribution in [2.24, 2.45) is 0 Å². The van der Waals surface area contributed by atoms with Crippen LogP contribution >= 0.6 is 0 Å². The summed E-state index contributed by atoms with van der Waals surface area (Å²) in [6, 6.07) is 18.4. The molecule has 2 aromatic heterocycles. The second kappa shape index (κ2) is 8.08. The van der Waals surface area contributed by atoms with Gasteiger partial charge in [-0.3, -0.25) is 9.36 Å². The Kier molecular flexibility index (Phi) is 5.12. The standard InChI is InChI=1S/C26H25N3O2/c1-17-15-21-20(18(2)30)9-6-10-25(21)29(17)26-27-23(12-11-19-7-4-3-5-8-19)22-16-31-14-13-24(22)28-26/h3-10,15H,11-14,16H2,1-2H3. The molecule has 5 nitrogen and oxygen atoms in total. The lowest BCUT2D eigenvalue weighted by atomic mass is 10.0. The van der Waals surface area contributed by atoms with Crippen LogP contribution in [0.5, 0.6) is 0 Å². The summed E-state index contributed by atoms with van der Waals surface area (Å²) in [4.78, 5) is 22.1. The zero-order chi connectivity index (χ0) is 21.4. The number of fused-ring (bicyclic) bond motifs is 2. The van der Waals surface area contributed by atoms with Gasteiger partial charge in [0.15, 0.2) is 5.78 Å². The van der Waals surface area contributed by atoms with Crippen molar-refractivity contribution in [3.63, 3.8) is 0 Å². The number of nitrogens with zero attached hydrogens (tertiary/aromatic N) is 3. The second-order valence-corrected chi connectivity index (χ2v) is 8.10. The first kappa shape index (κ1) is 19.6. The maximum absolute atomic E-state index is 12.1. The average Bonchev–Trinajstić information content (AvgIpc) is 3.13. The summed E-state index contributed by atoms with van der Waals surface area (Å²) in [7, 11) is 0. The predicted molar refractivity (Wildman–Crippen MR) is 121 cm³/mol. The number of Topliss-reactive ketones (excluding diaryl/α,β-unsaturated/α-hetero) is 1. The van der Waals surface area contributed by atoms with Gasteiger partial charge in [-0.15, -0.1) is 0 Å². The molecule has 0 bridgehead atoms. The van der Waals surface area contributed by atoms with Crippen molar-refractivity contribution in [1.82, 2.24) is 14.5 Å². The molecule has 0 saturated heterocycles. The van der Waals surface area contributed by atoms with Crippen LogP contribution in [0.1, 0.15) is 45.5 Å². The number of ketones is 1. The Morgan fingerprint density at radius 3 is 2.71 bits per heavy atom. The molecule has 0 spiro atoms. The van der Waals surface area contributed by atoms with E-state index in [1.165, 1.54) is 5.56 Å². The van der Waals surface area contributed by atoms with Crippen LogP contribution in [0.3, 0.4) is 0 Å². The van der Waals surface area contributed by atoms with Crippen molar-refractivity contribution in [3.05, 3.63) is 88.4 Å². The van der Waals surface area contributed by atoms with Crippen molar-refractivity contribution in [3.8, 4) is 5.95 Å². The highest BCUT2D eigenvalue weighted by atomic mass is 16.5. The van der Waals surface area contributed by atoms with Gasteiger partial charge in [0.2, 0.25) is 5.95 Å². The summed E-state index contributed by atoms with van der Waals surface area (Å²) < 4.78 is 7.80. The molecule has 3 heterocycles. The van der Waals surface area contributed by atoms with Crippen molar-refractivity contribution in [2.45, 2.75) is 39.7 Å². The normalized spacial score (nSPS) is 13.4. The molecule has 0 atom stereocenters. The van der Waals surface area contributed by atoms with Crippen LogP contribution in [0.2, 0.25) is 0 Å². The van der Waals surface area contributed by atoms with E-state index in [-0.39, 0.29) is 5.78 Å². The average molecular weight is 412 g/mol. The van der Waals surface area contributed by atoms with Crippen LogP contribution in [0.25, 0.3) is 16.9 Å². The Hall–Kier alpha value is -3.31. The maximum Gasteiger partial charge on any atom is 0.234 e. The highest BCUT2D eigenvalue weighted by molar-refractivity contribution is 6.07. The fraction of sp³-hybridized carbons (Fsp3) is 0.269. The van der Waals surface area contributed by atoms with Crippen LogP contribution in [-0.2, 0) is 30.6 Å². The van der Waals surface area contributed by atoms with Crippen molar-refractivity contribution >= 4 is 16.7 Å². The molecule has 5 rings (SSSR count). The maximum atomic E-state index is 12.1. The predicted octanol–water partition coefficient (Wildman–Crippen LogP) is 4.79. The van der Waals surface area contributed by atoms with Gasteiger partial charge in [0, 0.05) is 28.6 Å². The Labute approximate surface area is 181 Å². The molecule has 0 N–H and O–H groups in total. The van der Waals surface area contributed by atoms with Gasteiger partial charge in [-0.2, -0.15) is 0 Å². The topological polar surface area (TPSA) is 57.0 Å². The van der Waals surface area contributed by atoms with Crippen LogP contribution in [0.4, 0.5) is 0 Å². The quantitative estimate of drug-likeness (QED) is 0.443. The third-order valence-electron chi connectivity index (χ3n) is 6.00. The summed E-state index contributed by atoms with van der Waals surface area (Å²) >= 11 is 0. The zero-order valence-electron chi connectivity index (χ0n) is 17.9. The molecule has 156 valence electrons. The first-order valence-corrected chi connectivity index (χ1v) is 10.7. The number of hydrogen-bond donors (Lipinski definition) is 0. The number of benzene rings is 2. The van der Waals surface area contributed by atoms with Crippen LogP contribution < -0.4 is 0 Å². The Bertz CT molecular complexity index is 1280. The van der Waals surface area contributed by atoms with E-state index < -0.39 is 0 Å². The van der Waals surface area contributed by atoms with Gasteiger partial charge in [0.05, 0.1) is 30.1 Å². The molecule has 0 saturated carbocycles. The van der Waals surface area contributed by atoms with Crippen LogP contribution in [-0.4, -0.2) is 26.9 Å². The van der Waals surface area contributed by atoms with E-state index >= 15 is 0 Å².